The summed E-state index contributed by atoms with van der Waals surface area (Å²) in [5.41, 5.74) is -2.71. The van der Waals surface area contributed by atoms with E-state index in [0.29, 0.717) is 15.5 Å². The predicted octanol–water partition coefficient (Wildman–Crippen LogP) is 5.51. The van der Waals surface area contributed by atoms with Gasteiger partial charge in [-0.25, -0.2) is 0 Å². The highest BCUT2D eigenvalue weighted by atomic mass is 35.5. The van der Waals surface area contributed by atoms with Crippen LogP contribution in [0, 0.1) is 13.8 Å². The van der Waals surface area contributed by atoms with Crippen molar-refractivity contribution in [1.29, 1.82) is 0 Å². The highest BCUT2D eigenvalue weighted by molar-refractivity contribution is 7.97. The highest BCUT2D eigenvalue weighted by Gasteiger charge is 2.55. The Morgan fingerprint density at radius 2 is 1.55 bits per heavy atom. The molecule has 0 radical (unpaired) electrons. The van der Waals surface area contributed by atoms with Crippen molar-refractivity contribution in [2.45, 2.75) is 29.1 Å². The zero-order chi connectivity index (χ0) is 14.9. The van der Waals surface area contributed by atoms with Crippen LogP contribution in [0.5, 0.6) is 0 Å². The fourth-order valence-corrected chi connectivity index (χ4v) is 3.87. The van der Waals surface area contributed by atoms with Crippen molar-refractivity contribution in [3.63, 3.8) is 0 Å². The topological polar surface area (TPSA) is 0 Å². The third-order valence-electron chi connectivity index (χ3n) is 2.83. The molecule has 0 saturated heterocycles. The van der Waals surface area contributed by atoms with Gasteiger partial charge < -0.3 is 0 Å². The van der Waals surface area contributed by atoms with Gasteiger partial charge in [-0.2, -0.15) is 0 Å². The van der Waals surface area contributed by atoms with Gasteiger partial charge >= 0.3 is 5.51 Å². The number of hydrogen-bond donors (Lipinski definition) is 0. The molecule has 0 nitrogen and oxygen atoms in total. The molecule has 2 aromatic rings. The second-order valence-electron chi connectivity index (χ2n) is 4.47. The largest absolute Gasteiger partial charge is 0.586 e. The van der Waals surface area contributed by atoms with Gasteiger partial charge in [-0.1, -0.05) is 29.3 Å². The summed E-state index contributed by atoms with van der Waals surface area (Å²) in [5, 5.41) is 0.431. The first-order valence-corrected chi connectivity index (χ1v) is 7.53. The van der Waals surface area contributed by atoms with E-state index in [1.165, 1.54) is 24.3 Å². The van der Waals surface area contributed by atoms with E-state index in [2.05, 4.69) is 0 Å². The first-order valence-electron chi connectivity index (χ1n) is 5.93. The van der Waals surface area contributed by atoms with Crippen molar-refractivity contribution in [3.05, 3.63) is 58.6 Å². The third-order valence-corrected chi connectivity index (χ3v) is 5.19. The van der Waals surface area contributed by atoms with E-state index in [1.807, 2.05) is 6.92 Å². The Kier molecular flexibility index (Phi) is 4.35. The number of aryl methyl sites for hydroxylation is 2. The molecule has 2 aromatic carbocycles. The lowest BCUT2D eigenvalue weighted by Crippen LogP contribution is -2.25. The summed E-state index contributed by atoms with van der Waals surface area (Å²) in [7, 11) is -1.96. The highest BCUT2D eigenvalue weighted by Crippen LogP contribution is 2.40. The fraction of sp³-hybridized carbons (Fsp3) is 0.200. The molecule has 0 amide bonds. The van der Waals surface area contributed by atoms with Gasteiger partial charge in [-0.05, 0) is 44.2 Å². The van der Waals surface area contributed by atoms with E-state index in [0.717, 1.165) is 5.56 Å². The molecule has 0 saturated carbocycles. The zero-order valence-electron chi connectivity index (χ0n) is 11.0. The molecule has 0 aliphatic carbocycles. The quantitative estimate of drug-likeness (QED) is 0.640. The van der Waals surface area contributed by atoms with Crippen LogP contribution in [0.25, 0.3) is 0 Å². The van der Waals surface area contributed by atoms with Gasteiger partial charge in [0.15, 0.2) is 20.7 Å². The minimum atomic E-state index is -4.31. The summed E-state index contributed by atoms with van der Waals surface area (Å²) in [6.07, 6.45) is 0. The Bertz CT molecular complexity index is 606. The first-order chi connectivity index (χ1) is 9.29. The average molecular weight is 318 g/mol. The summed E-state index contributed by atoms with van der Waals surface area (Å²) in [6.45, 7) is 3.58. The molecule has 0 aliphatic rings. The zero-order valence-corrected chi connectivity index (χ0v) is 12.5. The number of hydrogen-bond acceptors (Lipinski definition) is 0. The van der Waals surface area contributed by atoms with Crippen LogP contribution in [0.3, 0.4) is 0 Å². The third kappa shape index (κ3) is 3.30. The van der Waals surface area contributed by atoms with Crippen molar-refractivity contribution >= 4 is 22.5 Å². The van der Waals surface area contributed by atoms with Crippen molar-refractivity contribution in [2.75, 3.05) is 0 Å². The molecule has 1 atom stereocenters. The van der Waals surface area contributed by atoms with Gasteiger partial charge in [0, 0.05) is 10.6 Å². The Labute approximate surface area is 123 Å². The maximum absolute atomic E-state index is 13.5. The minimum Gasteiger partial charge on any atom is -0.122 e. The molecule has 1 unspecified atom stereocenters. The van der Waals surface area contributed by atoms with E-state index in [4.69, 9.17) is 11.6 Å². The van der Waals surface area contributed by atoms with Crippen LogP contribution in [0.4, 0.5) is 13.2 Å². The molecule has 0 bridgehead atoms. The maximum atomic E-state index is 13.5. The summed E-state index contributed by atoms with van der Waals surface area (Å²) in [6, 6.07) is 10.9. The number of alkyl halides is 3. The van der Waals surface area contributed by atoms with Crippen molar-refractivity contribution < 1.29 is 13.2 Å². The van der Waals surface area contributed by atoms with E-state index >= 15 is 0 Å². The average Bonchev–Trinajstić information content (AvgIpc) is 2.33. The molecular weight excluding hydrogens is 305 g/mol. The SMILES string of the molecule is Cc1ccc([S+](c2ccc(Cl)cc2)C(F)(F)F)c(C)c1. The van der Waals surface area contributed by atoms with Gasteiger partial charge in [0.1, 0.15) is 0 Å². The predicted molar refractivity (Wildman–Crippen MR) is 77.3 cm³/mol. The fourth-order valence-electron chi connectivity index (χ4n) is 1.98. The summed E-state index contributed by atoms with van der Waals surface area (Å²) in [5.74, 6) is 0. The van der Waals surface area contributed by atoms with Crippen LogP contribution in [0.1, 0.15) is 11.1 Å². The van der Waals surface area contributed by atoms with Gasteiger partial charge in [0.25, 0.3) is 0 Å². The van der Waals surface area contributed by atoms with Crippen molar-refractivity contribution in [2.24, 2.45) is 0 Å². The van der Waals surface area contributed by atoms with Gasteiger partial charge in [-0.3, -0.25) is 0 Å². The molecular formula is C15H13ClF3S+. The monoisotopic (exact) mass is 317 g/mol. The maximum Gasteiger partial charge on any atom is 0.586 e. The molecule has 5 heteroatoms. The Morgan fingerprint density at radius 1 is 0.950 bits per heavy atom. The Hall–Kier alpha value is -1.13. The van der Waals surface area contributed by atoms with E-state index in [1.54, 1.807) is 25.1 Å². The molecule has 0 heterocycles. The normalized spacial score (nSPS) is 13.3. The van der Waals surface area contributed by atoms with E-state index in [9.17, 15) is 13.2 Å². The number of benzene rings is 2. The van der Waals surface area contributed by atoms with Crippen molar-refractivity contribution in [3.8, 4) is 0 Å². The Morgan fingerprint density at radius 3 is 2.05 bits per heavy atom. The van der Waals surface area contributed by atoms with Crippen LogP contribution in [-0.4, -0.2) is 5.51 Å². The first kappa shape index (κ1) is 15.3. The van der Waals surface area contributed by atoms with Gasteiger partial charge in [0.05, 0.1) is 0 Å². The molecule has 106 valence electrons. The molecule has 0 N–H and O–H groups in total. The molecule has 20 heavy (non-hydrogen) atoms. The summed E-state index contributed by atoms with van der Waals surface area (Å²) < 4.78 is 40.4. The van der Waals surface area contributed by atoms with Crippen LogP contribution in [0.15, 0.2) is 52.3 Å². The molecule has 0 spiro atoms. The molecule has 0 aliphatic heterocycles. The lowest BCUT2D eigenvalue weighted by Gasteiger charge is -2.12. The van der Waals surface area contributed by atoms with Gasteiger partial charge in [-0.15, -0.1) is 13.2 Å². The van der Waals surface area contributed by atoms with Crippen LogP contribution < -0.4 is 0 Å². The number of halogens is 4. The standard InChI is InChI=1S/C15H13ClF3S/c1-10-3-8-14(11(2)9-10)20(15(17,18)19)13-6-4-12(16)5-7-13/h3-9H,1-2H3/q+1. The van der Waals surface area contributed by atoms with Gasteiger partial charge in [0.2, 0.25) is 0 Å². The molecule has 0 fully saturated rings. The smallest absolute Gasteiger partial charge is 0.122 e. The van der Waals surface area contributed by atoms with Crippen LogP contribution in [-0.2, 0) is 10.9 Å². The second-order valence-corrected chi connectivity index (χ2v) is 6.90. The summed E-state index contributed by atoms with van der Waals surface area (Å²) >= 11 is 5.75. The summed E-state index contributed by atoms with van der Waals surface area (Å²) in [4.78, 5) is 0.541. The van der Waals surface area contributed by atoms with Crippen LogP contribution in [0.2, 0.25) is 5.02 Å². The lowest BCUT2D eigenvalue weighted by molar-refractivity contribution is -0.0371. The molecule has 0 aromatic heterocycles. The molecule has 2 rings (SSSR count). The van der Waals surface area contributed by atoms with Crippen LogP contribution >= 0.6 is 11.6 Å². The van der Waals surface area contributed by atoms with Crippen molar-refractivity contribution in [1.82, 2.24) is 0 Å². The lowest BCUT2D eigenvalue weighted by atomic mass is 10.2. The Balaban J connectivity index is 2.56. The van der Waals surface area contributed by atoms with E-state index in [-0.39, 0.29) is 4.90 Å². The number of rotatable bonds is 2. The van der Waals surface area contributed by atoms with E-state index < -0.39 is 16.4 Å². The minimum absolute atomic E-state index is 0.230. The second kappa shape index (κ2) is 5.70.